The van der Waals surface area contributed by atoms with Gasteiger partial charge in [0.05, 0.1) is 4.90 Å². The van der Waals surface area contributed by atoms with Gasteiger partial charge in [0, 0.05) is 11.6 Å². The Kier molecular flexibility index (Phi) is 4.73. The molecule has 130 valence electrons. The number of nitrogens with one attached hydrogen (secondary N) is 1. The van der Waals surface area contributed by atoms with Gasteiger partial charge in [0.2, 0.25) is 5.13 Å². The molecule has 0 saturated heterocycles. The van der Waals surface area contributed by atoms with E-state index in [0.29, 0.717) is 5.69 Å². The van der Waals surface area contributed by atoms with Crippen LogP contribution in [0.25, 0.3) is 11.1 Å². The van der Waals surface area contributed by atoms with Gasteiger partial charge in [-0.3, -0.25) is 4.72 Å². The highest BCUT2D eigenvalue weighted by atomic mass is 32.2. The van der Waals surface area contributed by atoms with E-state index in [1.165, 1.54) is 11.3 Å². The zero-order chi connectivity index (χ0) is 18.0. The molecule has 6 nitrogen and oxygen atoms in total. The summed E-state index contributed by atoms with van der Waals surface area (Å²) in [5.74, 6) is 0.202. The standard InChI is InChI=1S/C17H18N4O2S2/c1-11(2)16-19-20-17(24-16)21-25(22,23)15-8-6-12(7-9-15)13-4-3-5-14(18)10-13/h3-11H,18H2,1-2H3,(H,20,21). The molecule has 0 radical (unpaired) electrons. The molecule has 0 spiro atoms. The molecule has 0 amide bonds. The lowest BCUT2D eigenvalue weighted by atomic mass is 10.1. The van der Waals surface area contributed by atoms with E-state index in [4.69, 9.17) is 5.73 Å². The zero-order valence-electron chi connectivity index (χ0n) is 13.8. The monoisotopic (exact) mass is 374 g/mol. The van der Waals surface area contributed by atoms with Crippen molar-refractivity contribution in [3.63, 3.8) is 0 Å². The minimum Gasteiger partial charge on any atom is -0.399 e. The van der Waals surface area contributed by atoms with Crippen molar-refractivity contribution in [3.8, 4) is 11.1 Å². The quantitative estimate of drug-likeness (QED) is 0.663. The summed E-state index contributed by atoms with van der Waals surface area (Å²) in [6.45, 7) is 3.96. The van der Waals surface area contributed by atoms with Crippen LogP contribution in [0.5, 0.6) is 0 Å². The van der Waals surface area contributed by atoms with Crippen molar-refractivity contribution >= 4 is 32.2 Å². The Morgan fingerprint density at radius 1 is 1.04 bits per heavy atom. The SMILES string of the molecule is CC(C)c1nnc(NS(=O)(=O)c2ccc(-c3cccc(N)c3)cc2)s1. The van der Waals surface area contributed by atoms with Crippen molar-refractivity contribution in [3.05, 3.63) is 53.5 Å². The van der Waals surface area contributed by atoms with E-state index in [0.717, 1.165) is 16.1 Å². The molecule has 0 aliphatic heterocycles. The van der Waals surface area contributed by atoms with Crippen LogP contribution in [0.2, 0.25) is 0 Å². The summed E-state index contributed by atoms with van der Waals surface area (Å²) in [5, 5.41) is 8.93. The third kappa shape index (κ3) is 3.97. The van der Waals surface area contributed by atoms with Crippen molar-refractivity contribution in [1.29, 1.82) is 0 Å². The minimum atomic E-state index is -3.70. The van der Waals surface area contributed by atoms with Gasteiger partial charge in [-0.15, -0.1) is 10.2 Å². The van der Waals surface area contributed by atoms with Crippen molar-refractivity contribution < 1.29 is 8.42 Å². The molecule has 0 fully saturated rings. The first-order chi connectivity index (χ1) is 11.8. The van der Waals surface area contributed by atoms with Crippen LogP contribution in [-0.2, 0) is 10.0 Å². The molecular formula is C17H18N4O2S2. The van der Waals surface area contributed by atoms with Crippen LogP contribution in [0.15, 0.2) is 53.4 Å². The van der Waals surface area contributed by atoms with Gasteiger partial charge < -0.3 is 5.73 Å². The lowest BCUT2D eigenvalue weighted by Gasteiger charge is -2.07. The number of sulfonamides is 1. The lowest BCUT2D eigenvalue weighted by molar-refractivity contribution is 0.601. The average molecular weight is 374 g/mol. The van der Waals surface area contributed by atoms with Gasteiger partial charge in [0.25, 0.3) is 10.0 Å². The van der Waals surface area contributed by atoms with Crippen LogP contribution in [0.4, 0.5) is 10.8 Å². The third-order valence-electron chi connectivity index (χ3n) is 3.54. The zero-order valence-corrected chi connectivity index (χ0v) is 15.4. The van der Waals surface area contributed by atoms with Gasteiger partial charge in [0.1, 0.15) is 5.01 Å². The van der Waals surface area contributed by atoms with E-state index in [9.17, 15) is 8.42 Å². The van der Waals surface area contributed by atoms with Gasteiger partial charge in [-0.05, 0) is 35.4 Å². The first-order valence-corrected chi connectivity index (χ1v) is 9.97. The molecule has 1 heterocycles. The Bertz CT molecular complexity index is 980. The third-order valence-corrected chi connectivity index (χ3v) is 6.16. The number of nitrogens with zero attached hydrogens (tertiary/aromatic N) is 2. The first-order valence-electron chi connectivity index (χ1n) is 7.67. The van der Waals surface area contributed by atoms with E-state index in [1.807, 2.05) is 32.0 Å². The van der Waals surface area contributed by atoms with E-state index in [-0.39, 0.29) is 15.9 Å². The van der Waals surface area contributed by atoms with Crippen LogP contribution in [-0.4, -0.2) is 18.6 Å². The van der Waals surface area contributed by atoms with E-state index < -0.39 is 10.0 Å². The molecule has 0 aliphatic carbocycles. The molecule has 0 aliphatic rings. The molecule has 3 rings (SSSR count). The largest absolute Gasteiger partial charge is 0.399 e. The van der Waals surface area contributed by atoms with Crippen molar-refractivity contribution in [2.75, 3.05) is 10.5 Å². The second-order valence-electron chi connectivity index (χ2n) is 5.86. The van der Waals surface area contributed by atoms with Crippen molar-refractivity contribution in [1.82, 2.24) is 10.2 Å². The van der Waals surface area contributed by atoms with Crippen LogP contribution in [0.3, 0.4) is 0 Å². The summed E-state index contributed by atoms with van der Waals surface area (Å²) in [6, 6.07) is 14.1. The Morgan fingerprint density at radius 2 is 1.76 bits per heavy atom. The van der Waals surface area contributed by atoms with Gasteiger partial charge >= 0.3 is 0 Å². The molecule has 0 saturated carbocycles. The summed E-state index contributed by atoms with van der Waals surface area (Å²) < 4.78 is 27.5. The Balaban J connectivity index is 1.82. The van der Waals surface area contributed by atoms with Crippen LogP contribution >= 0.6 is 11.3 Å². The van der Waals surface area contributed by atoms with Crippen LogP contribution < -0.4 is 10.5 Å². The maximum Gasteiger partial charge on any atom is 0.263 e. The highest BCUT2D eigenvalue weighted by Crippen LogP contribution is 2.26. The second-order valence-corrected chi connectivity index (χ2v) is 8.55. The lowest BCUT2D eigenvalue weighted by Crippen LogP contribution is -2.12. The molecule has 3 N–H and O–H groups in total. The van der Waals surface area contributed by atoms with Crippen molar-refractivity contribution in [2.24, 2.45) is 0 Å². The number of hydrogen-bond acceptors (Lipinski definition) is 6. The number of hydrogen-bond donors (Lipinski definition) is 2. The summed E-state index contributed by atoms with van der Waals surface area (Å²) in [5.41, 5.74) is 8.27. The van der Waals surface area contributed by atoms with E-state index in [1.54, 1.807) is 30.3 Å². The summed E-state index contributed by atoms with van der Waals surface area (Å²) in [4.78, 5) is 0.168. The topological polar surface area (TPSA) is 98.0 Å². The Hall–Kier alpha value is -2.45. The van der Waals surface area contributed by atoms with E-state index >= 15 is 0 Å². The second kappa shape index (κ2) is 6.81. The van der Waals surface area contributed by atoms with Crippen molar-refractivity contribution in [2.45, 2.75) is 24.7 Å². The fourth-order valence-corrected chi connectivity index (χ4v) is 4.20. The van der Waals surface area contributed by atoms with Gasteiger partial charge in [0.15, 0.2) is 0 Å². The molecule has 0 atom stereocenters. The molecule has 3 aromatic rings. The number of benzene rings is 2. The molecule has 1 aromatic heterocycles. The number of rotatable bonds is 5. The maximum atomic E-state index is 12.5. The number of nitrogen functional groups attached to an aromatic ring is 1. The normalized spacial score (nSPS) is 11.6. The summed E-state index contributed by atoms with van der Waals surface area (Å²) in [6.07, 6.45) is 0. The number of anilines is 2. The highest BCUT2D eigenvalue weighted by molar-refractivity contribution is 7.93. The fourth-order valence-electron chi connectivity index (χ4n) is 2.23. The van der Waals surface area contributed by atoms with Crippen LogP contribution in [0.1, 0.15) is 24.8 Å². The van der Waals surface area contributed by atoms with Gasteiger partial charge in [-0.1, -0.05) is 49.4 Å². The molecule has 2 aromatic carbocycles. The summed E-state index contributed by atoms with van der Waals surface area (Å²) in [7, 11) is -3.70. The predicted molar refractivity (Wildman–Crippen MR) is 101 cm³/mol. The smallest absolute Gasteiger partial charge is 0.263 e. The highest BCUT2D eigenvalue weighted by Gasteiger charge is 2.17. The average Bonchev–Trinajstić information content (AvgIpc) is 3.03. The molecule has 8 heteroatoms. The predicted octanol–water partition coefficient (Wildman–Crippen LogP) is 3.71. The Morgan fingerprint density at radius 3 is 2.36 bits per heavy atom. The fraction of sp³-hybridized carbons (Fsp3) is 0.176. The van der Waals surface area contributed by atoms with Gasteiger partial charge in [-0.2, -0.15) is 0 Å². The van der Waals surface area contributed by atoms with Crippen LogP contribution in [0, 0.1) is 0 Å². The van der Waals surface area contributed by atoms with E-state index in [2.05, 4.69) is 14.9 Å². The first kappa shape index (κ1) is 17.4. The number of nitrogens with two attached hydrogens (primary N) is 1. The molecular weight excluding hydrogens is 356 g/mol. The van der Waals surface area contributed by atoms with Gasteiger partial charge in [-0.25, -0.2) is 8.42 Å². The Labute approximate surface area is 150 Å². The summed E-state index contributed by atoms with van der Waals surface area (Å²) >= 11 is 1.24. The molecule has 0 unspecified atom stereocenters. The molecule has 0 bridgehead atoms. The minimum absolute atomic E-state index is 0.168. The number of aromatic nitrogens is 2. The maximum absolute atomic E-state index is 12.5. The molecule has 25 heavy (non-hydrogen) atoms.